The third-order valence-electron chi connectivity index (χ3n) is 6.13. The van der Waals surface area contributed by atoms with Crippen molar-refractivity contribution in [2.75, 3.05) is 23.7 Å². The molecule has 0 spiro atoms. The highest BCUT2D eigenvalue weighted by Crippen LogP contribution is 2.20. The SMILES string of the molecule is CCCCNC(=O)C(CC)N(Cc1cccc(C)c1)C(=O)CCCN(c1ccc(C)cc1)S(C)(=O)=O. The molecule has 0 saturated heterocycles. The number of hydrogen-bond donors (Lipinski definition) is 1. The number of sulfonamides is 1. The van der Waals surface area contributed by atoms with E-state index in [9.17, 15) is 18.0 Å². The van der Waals surface area contributed by atoms with Gasteiger partial charge in [0.2, 0.25) is 21.8 Å². The zero-order chi connectivity index (χ0) is 26.7. The van der Waals surface area contributed by atoms with E-state index in [0.29, 0.717) is 31.6 Å². The number of hydrogen-bond acceptors (Lipinski definition) is 4. The molecule has 0 aromatic heterocycles. The van der Waals surface area contributed by atoms with E-state index in [1.807, 2.05) is 57.2 Å². The monoisotopic (exact) mass is 515 g/mol. The molecule has 0 saturated carbocycles. The van der Waals surface area contributed by atoms with Gasteiger partial charge in [-0.15, -0.1) is 0 Å². The van der Waals surface area contributed by atoms with Crippen molar-refractivity contribution in [1.82, 2.24) is 10.2 Å². The second-order valence-electron chi connectivity index (χ2n) is 9.35. The summed E-state index contributed by atoms with van der Waals surface area (Å²) in [5, 5.41) is 2.97. The maximum absolute atomic E-state index is 13.5. The Bertz CT molecular complexity index is 1100. The predicted octanol–water partition coefficient (Wildman–Crippen LogP) is 4.57. The van der Waals surface area contributed by atoms with Crippen LogP contribution in [-0.2, 0) is 26.2 Å². The van der Waals surface area contributed by atoms with Gasteiger partial charge in [-0.05, 0) is 50.8 Å². The van der Waals surface area contributed by atoms with Crippen molar-refractivity contribution in [3.63, 3.8) is 0 Å². The molecule has 1 unspecified atom stereocenters. The number of aryl methyl sites for hydroxylation is 2. The van der Waals surface area contributed by atoms with Gasteiger partial charge >= 0.3 is 0 Å². The van der Waals surface area contributed by atoms with Gasteiger partial charge < -0.3 is 10.2 Å². The average molecular weight is 516 g/mol. The van der Waals surface area contributed by atoms with Crippen LogP contribution in [0, 0.1) is 13.8 Å². The summed E-state index contributed by atoms with van der Waals surface area (Å²) in [5.74, 6) is -0.310. The molecule has 36 heavy (non-hydrogen) atoms. The fourth-order valence-electron chi connectivity index (χ4n) is 4.15. The van der Waals surface area contributed by atoms with Gasteiger partial charge in [-0.25, -0.2) is 8.42 Å². The average Bonchev–Trinajstić information content (AvgIpc) is 2.82. The van der Waals surface area contributed by atoms with Crippen LogP contribution in [0.3, 0.4) is 0 Å². The first-order valence-corrected chi connectivity index (χ1v) is 14.6. The van der Waals surface area contributed by atoms with Crippen LogP contribution >= 0.6 is 0 Å². The zero-order valence-electron chi connectivity index (χ0n) is 22.3. The minimum atomic E-state index is -3.51. The fourth-order valence-corrected chi connectivity index (χ4v) is 5.11. The summed E-state index contributed by atoms with van der Waals surface area (Å²) in [5.41, 5.74) is 3.66. The molecule has 198 valence electrons. The zero-order valence-corrected chi connectivity index (χ0v) is 23.1. The van der Waals surface area contributed by atoms with E-state index in [4.69, 9.17) is 0 Å². The van der Waals surface area contributed by atoms with E-state index in [2.05, 4.69) is 12.2 Å². The number of rotatable bonds is 14. The first-order valence-electron chi connectivity index (χ1n) is 12.7. The van der Waals surface area contributed by atoms with Crippen LogP contribution in [-0.4, -0.2) is 50.5 Å². The molecule has 8 heteroatoms. The molecule has 1 atom stereocenters. The Labute approximate surface area is 216 Å². The smallest absolute Gasteiger partial charge is 0.242 e. The number of nitrogens with one attached hydrogen (secondary N) is 1. The Morgan fingerprint density at radius 1 is 0.972 bits per heavy atom. The van der Waals surface area contributed by atoms with E-state index in [1.165, 1.54) is 10.6 Å². The highest BCUT2D eigenvalue weighted by atomic mass is 32.2. The number of carbonyl (C=O) groups excluding carboxylic acids is 2. The minimum absolute atomic E-state index is 0.141. The van der Waals surface area contributed by atoms with Gasteiger partial charge in [0.05, 0.1) is 11.9 Å². The predicted molar refractivity (Wildman–Crippen MR) is 146 cm³/mol. The highest BCUT2D eigenvalue weighted by Gasteiger charge is 2.28. The summed E-state index contributed by atoms with van der Waals surface area (Å²) in [6.07, 6.45) is 4.01. The van der Waals surface area contributed by atoms with Crippen molar-refractivity contribution in [3.05, 3.63) is 65.2 Å². The molecule has 2 aromatic carbocycles. The normalized spacial score (nSPS) is 12.1. The maximum atomic E-state index is 13.5. The largest absolute Gasteiger partial charge is 0.354 e. The van der Waals surface area contributed by atoms with Gasteiger partial charge in [-0.3, -0.25) is 13.9 Å². The van der Waals surface area contributed by atoms with E-state index < -0.39 is 16.1 Å². The fraction of sp³-hybridized carbons (Fsp3) is 0.500. The number of unbranched alkanes of at least 4 members (excludes halogenated alkanes) is 1. The van der Waals surface area contributed by atoms with Crippen LogP contribution in [0.1, 0.15) is 62.6 Å². The van der Waals surface area contributed by atoms with Crippen LogP contribution < -0.4 is 9.62 Å². The summed E-state index contributed by atoms with van der Waals surface area (Å²) < 4.78 is 26.2. The first-order chi connectivity index (χ1) is 17.1. The molecule has 0 bridgehead atoms. The van der Waals surface area contributed by atoms with Gasteiger partial charge in [-0.2, -0.15) is 0 Å². The molecule has 2 amide bonds. The lowest BCUT2D eigenvalue weighted by molar-refractivity contribution is -0.141. The van der Waals surface area contributed by atoms with E-state index in [-0.39, 0.29) is 24.8 Å². The number of carbonyl (C=O) groups is 2. The topological polar surface area (TPSA) is 86.8 Å². The Hall–Kier alpha value is -2.87. The molecular formula is C28H41N3O4S. The van der Waals surface area contributed by atoms with Crippen LogP contribution in [0.2, 0.25) is 0 Å². The number of amides is 2. The molecule has 0 aliphatic rings. The molecule has 0 fully saturated rings. The van der Waals surface area contributed by atoms with Crippen molar-refractivity contribution in [2.24, 2.45) is 0 Å². The minimum Gasteiger partial charge on any atom is -0.354 e. The van der Waals surface area contributed by atoms with Crippen LogP contribution in [0.25, 0.3) is 0 Å². The Morgan fingerprint density at radius 2 is 1.67 bits per heavy atom. The van der Waals surface area contributed by atoms with E-state index in [0.717, 1.165) is 29.5 Å². The highest BCUT2D eigenvalue weighted by molar-refractivity contribution is 7.92. The molecule has 1 N–H and O–H groups in total. The first kappa shape index (κ1) is 29.4. The molecule has 0 aliphatic heterocycles. The molecule has 0 heterocycles. The van der Waals surface area contributed by atoms with Crippen molar-refractivity contribution >= 4 is 27.5 Å². The van der Waals surface area contributed by atoms with Gasteiger partial charge in [0.25, 0.3) is 0 Å². The number of benzene rings is 2. The molecule has 0 radical (unpaired) electrons. The van der Waals surface area contributed by atoms with E-state index >= 15 is 0 Å². The third kappa shape index (κ3) is 8.97. The maximum Gasteiger partial charge on any atom is 0.242 e. The molecule has 2 aromatic rings. The summed E-state index contributed by atoms with van der Waals surface area (Å²) in [4.78, 5) is 28.1. The lowest BCUT2D eigenvalue weighted by atomic mass is 10.1. The second kappa shape index (κ2) is 14.0. The molecule has 0 aliphatic carbocycles. The number of anilines is 1. The lowest BCUT2D eigenvalue weighted by Crippen LogP contribution is -2.49. The number of nitrogens with zero attached hydrogens (tertiary/aromatic N) is 2. The van der Waals surface area contributed by atoms with Crippen LogP contribution in [0.4, 0.5) is 5.69 Å². The molecule has 7 nitrogen and oxygen atoms in total. The van der Waals surface area contributed by atoms with E-state index in [1.54, 1.807) is 17.0 Å². The molecular weight excluding hydrogens is 474 g/mol. The van der Waals surface area contributed by atoms with Crippen molar-refractivity contribution in [3.8, 4) is 0 Å². The summed E-state index contributed by atoms with van der Waals surface area (Å²) in [7, 11) is -3.51. The second-order valence-corrected chi connectivity index (χ2v) is 11.3. The van der Waals surface area contributed by atoms with Gasteiger partial charge in [0.15, 0.2) is 0 Å². The van der Waals surface area contributed by atoms with Crippen LogP contribution in [0.5, 0.6) is 0 Å². The summed E-state index contributed by atoms with van der Waals surface area (Å²) in [6.45, 7) is 9.00. The Morgan fingerprint density at radius 3 is 2.25 bits per heavy atom. The Kier molecular flexibility index (Phi) is 11.4. The lowest BCUT2D eigenvalue weighted by Gasteiger charge is -2.31. The van der Waals surface area contributed by atoms with Gasteiger partial charge in [-0.1, -0.05) is 67.8 Å². The van der Waals surface area contributed by atoms with Crippen molar-refractivity contribution < 1.29 is 18.0 Å². The third-order valence-corrected chi connectivity index (χ3v) is 7.32. The van der Waals surface area contributed by atoms with Crippen molar-refractivity contribution in [2.45, 2.75) is 72.4 Å². The summed E-state index contributed by atoms with van der Waals surface area (Å²) in [6, 6.07) is 14.6. The van der Waals surface area contributed by atoms with Gasteiger partial charge in [0.1, 0.15) is 6.04 Å². The van der Waals surface area contributed by atoms with Crippen molar-refractivity contribution in [1.29, 1.82) is 0 Å². The Balaban J connectivity index is 2.19. The quantitative estimate of drug-likeness (QED) is 0.373. The molecule has 2 rings (SSSR count). The standard InChI is InChI=1S/C28H41N3O4S/c1-6-8-18-29-28(33)26(7-2)30(21-24-12-9-11-23(4)20-24)27(32)13-10-19-31(36(5,34)35)25-16-14-22(3)15-17-25/h9,11-12,14-17,20,26H,6-8,10,13,18-19,21H2,1-5H3,(H,29,33). The van der Waals surface area contributed by atoms with Crippen LogP contribution in [0.15, 0.2) is 48.5 Å². The summed E-state index contributed by atoms with van der Waals surface area (Å²) >= 11 is 0. The van der Waals surface area contributed by atoms with Gasteiger partial charge in [0, 0.05) is 26.1 Å².